The molecule has 0 atom stereocenters. The molecule has 0 aliphatic heterocycles. The van der Waals surface area contributed by atoms with E-state index >= 15 is 0 Å². The van der Waals surface area contributed by atoms with E-state index < -0.39 is 24.5 Å². The van der Waals surface area contributed by atoms with Gasteiger partial charge in [0.2, 0.25) is 0 Å². The Morgan fingerprint density at radius 3 is 1.41 bits per heavy atom. The van der Waals surface area contributed by atoms with Crippen LogP contribution in [0.15, 0.2) is 0 Å². The lowest BCUT2D eigenvalue weighted by molar-refractivity contribution is -0.139. The molecule has 0 aromatic rings. The first-order chi connectivity index (χ1) is 7.75. The van der Waals surface area contributed by atoms with Gasteiger partial charge in [-0.15, -0.1) is 0 Å². The fraction of sp³-hybridized carbons (Fsp3) is 0.778. The van der Waals surface area contributed by atoms with Crippen LogP contribution in [0.25, 0.3) is 0 Å². The van der Waals surface area contributed by atoms with E-state index in [9.17, 15) is 9.59 Å². The summed E-state index contributed by atoms with van der Waals surface area (Å²) in [5, 5.41) is 48.6. The molecule has 0 unspecified atom stereocenters. The van der Waals surface area contributed by atoms with Gasteiger partial charge in [0.05, 0.1) is 6.42 Å². The highest BCUT2D eigenvalue weighted by atomic mass is 16.5. The number of rotatable bonds is 7. The Morgan fingerprint density at radius 1 is 0.765 bits per heavy atom. The molecule has 0 aromatic carbocycles. The third-order valence-corrected chi connectivity index (χ3v) is 1.47. The van der Waals surface area contributed by atoms with Gasteiger partial charge < -0.3 is 30.6 Å². The van der Waals surface area contributed by atoms with Gasteiger partial charge in [0.1, 0.15) is 0 Å². The molecule has 0 radical (unpaired) electrons. The summed E-state index contributed by atoms with van der Waals surface area (Å²) in [6, 6.07) is 0. The minimum absolute atomic E-state index is 0.00236. The van der Waals surface area contributed by atoms with Crippen molar-refractivity contribution < 1.29 is 40.2 Å². The maximum Gasteiger partial charge on any atom is 0.303 e. The zero-order valence-electron chi connectivity index (χ0n) is 9.19. The molecule has 0 amide bonds. The van der Waals surface area contributed by atoms with Gasteiger partial charge in [0.25, 0.3) is 0 Å². The number of carboxylic acids is 2. The van der Waals surface area contributed by atoms with Crippen molar-refractivity contribution in [2.75, 3.05) is 0 Å². The number of carbonyl (C=O) groups is 2. The molecule has 0 aliphatic carbocycles. The lowest BCUT2D eigenvalue weighted by Gasteiger charge is -1.98. The summed E-state index contributed by atoms with van der Waals surface area (Å²) >= 11 is 0. The average molecular weight is 254 g/mol. The van der Waals surface area contributed by atoms with Crippen molar-refractivity contribution in [2.24, 2.45) is 0 Å². The molecule has 8 nitrogen and oxygen atoms in total. The van der Waals surface area contributed by atoms with E-state index in [2.05, 4.69) is 0 Å². The first-order valence-corrected chi connectivity index (χ1v) is 4.91. The van der Waals surface area contributed by atoms with Crippen molar-refractivity contribution in [2.45, 2.75) is 44.7 Å². The SMILES string of the molecule is O=C(O)CCC(O)O.O=C(O)CCCC(O)O. The van der Waals surface area contributed by atoms with Crippen LogP contribution in [0.4, 0.5) is 0 Å². The van der Waals surface area contributed by atoms with Gasteiger partial charge in [-0.3, -0.25) is 9.59 Å². The van der Waals surface area contributed by atoms with Crippen LogP contribution in [0.2, 0.25) is 0 Å². The van der Waals surface area contributed by atoms with Crippen LogP contribution in [0.1, 0.15) is 32.1 Å². The molecule has 0 rings (SSSR count). The molecule has 0 bridgehead atoms. The normalized spacial score (nSPS) is 10.0. The van der Waals surface area contributed by atoms with Gasteiger partial charge in [-0.05, 0) is 12.8 Å². The van der Waals surface area contributed by atoms with Gasteiger partial charge in [0.15, 0.2) is 12.6 Å². The molecular formula is C9H18O8. The quantitative estimate of drug-likeness (QED) is 0.306. The van der Waals surface area contributed by atoms with Crippen LogP contribution in [-0.4, -0.2) is 55.2 Å². The minimum atomic E-state index is -1.49. The summed E-state index contributed by atoms with van der Waals surface area (Å²) in [5.74, 6) is -1.92. The van der Waals surface area contributed by atoms with E-state index in [0.29, 0.717) is 6.42 Å². The lowest BCUT2D eigenvalue weighted by atomic mass is 10.2. The summed E-state index contributed by atoms with van der Waals surface area (Å²) in [5.41, 5.74) is 0. The second kappa shape index (κ2) is 11.3. The van der Waals surface area contributed by atoms with Gasteiger partial charge in [-0.2, -0.15) is 0 Å². The predicted molar refractivity (Wildman–Crippen MR) is 54.8 cm³/mol. The van der Waals surface area contributed by atoms with Crippen LogP contribution in [0.3, 0.4) is 0 Å². The van der Waals surface area contributed by atoms with Gasteiger partial charge in [-0.1, -0.05) is 0 Å². The Kier molecular flexibility index (Phi) is 12.0. The van der Waals surface area contributed by atoms with Crippen molar-refractivity contribution in [3.63, 3.8) is 0 Å². The highest BCUT2D eigenvalue weighted by molar-refractivity contribution is 5.66. The van der Waals surface area contributed by atoms with E-state index in [1.54, 1.807) is 0 Å². The zero-order chi connectivity index (χ0) is 13.8. The Morgan fingerprint density at radius 2 is 1.18 bits per heavy atom. The first kappa shape index (κ1) is 18.2. The topological polar surface area (TPSA) is 156 Å². The monoisotopic (exact) mass is 254 g/mol. The van der Waals surface area contributed by atoms with Crippen LogP contribution in [0, 0.1) is 0 Å². The number of aliphatic carboxylic acids is 2. The number of hydrogen-bond acceptors (Lipinski definition) is 6. The maximum absolute atomic E-state index is 9.82. The van der Waals surface area contributed by atoms with E-state index in [0.717, 1.165) is 0 Å². The van der Waals surface area contributed by atoms with Crippen LogP contribution >= 0.6 is 0 Å². The number of hydrogen-bond donors (Lipinski definition) is 6. The number of aliphatic hydroxyl groups is 4. The highest BCUT2D eigenvalue weighted by Gasteiger charge is 2.01. The zero-order valence-corrected chi connectivity index (χ0v) is 9.19. The van der Waals surface area contributed by atoms with E-state index in [4.69, 9.17) is 30.6 Å². The van der Waals surface area contributed by atoms with Crippen molar-refractivity contribution in [3.8, 4) is 0 Å². The molecule has 0 aliphatic rings. The molecular weight excluding hydrogens is 236 g/mol. The second-order valence-corrected chi connectivity index (χ2v) is 3.18. The molecule has 0 saturated carbocycles. The number of carboxylic acid groups (broad SMARTS) is 2. The Labute approximate surface area is 97.8 Å². The summed E-state index contributed by atoms with van der Waals surface area (Å²) in [4.78, 5) is 19.5. The average Bonchev–Trinajstić information content (AvgIpc) is 2.14. The molecule has 0 fully saturated rings. The Hall–Kier alpha value is -1.22. The third-order valence-electron chi connectivity index (χ3n) is 1.47. The maximum atomic E-state index is 9.82. The summed E-state index contributed by atoms with van der Waals surface area (Å²) in [6.45, 7) is 0. The highest BCUT2D eigenvalue weighted by Crippen LogP contribution is 1.97. The molecule has 8 heteroatoms. The molecule has 102 valence electrons. The van der Waals surface area contributed by atoms with E-state index in [1.165, 1.54) is 0 Å². The molecule has 0 aromatic heterocycles. The summed E-state index contributed by atoms with van der Waals surface area (Å²) in [7, 11) is 0. The first-order valence-electron chi connectivity index (χ1n) is 4.91. The van der Waals surface area contributed by atoms with Crippen molar-refractivity contribution in [1.82, 2.24) is 0 Å². The Bertz CT molecular complexity index is 213. The second-order valence-electron chi connectivity index (χ2n) is 3.18. The molecule has 0 saturated heterocycles. The van der Waals surface area contributed by atoms with E-state index in [-0.39, 0.29) is 25.7 Å². The molecule has 17 heavy (non-hydrogen) atoms. The van der Waals surface area contributed by atoms with Crippen molar-refractivity contribution in [3.05, 3.63) is 0 Å². The lowest BCUT2D eigenvalue weighted by Crippen LogP contribution is -2.07. The molecule has 0 heterocycles. The number of aliphatic hydroxyl groups excluding tert-OH is 2. The smallest absolute Gasteiger partial charge is 0.303 e. The Balaban J connectivity index is 0. The predicted octanol–water partition coefficient (Wildman–Crippen LogP) is -1.29. The van der Waals surface area contributed by atoms with E-state index in [1.807, 2.05) is 0 Å². The summed E-state index contributed by atoms with van der Waals surface area (Å²) < 4.78 is 0. The standard InChI is InChI=1S/C5H10O4.C4H8O4/c6-4(7)2-1-3-5(8)9;5-3(6)1-2-4(7)8/h4,6-7H,1-3H2,(H,8,9);3,5-6H,1-2H2,(H,7,8). The fourth-order valence-electron chi connectivity index (χ4n) is 0.688. The summed E-state index contributed by atoms with van der Waals surface area (Å²) in [6.07, 6.45) is -2.72. The third kappa shape index (κ3) is 25.2. The van der Waals surface area contributed by atoms with Crippen molar-refractivity contribution in [1.29, 1.82) is 0 Å². The minimum Gasteiger partial charge on any atom is -0.481 e. The van der Waals surface area contributed by atoms with Crippen LogP contribution in [0.5, 0.6) is 0 Å². The molecule has 6 N–H and O–H groups in total. The van der Waals surface area contributed by atoms with Crippen LogP contribution in [-0.2, 0) is 9.59 Å². The van der Waals surface area contributed by atoms with Crippen molar-refractivity contribution >= 4 is 11.9 Å². The molecule has 0 spiro atoms. The van der Waals surface area contributed by atoms with Gasteiger partial charge >= 0.3 is 11.9 Å². The largest absolute Gasteiger partial charge is 0.481 e. The fourth-order valence-corrected chi connectivity index (χ4v) is 0.688. The van der Waals surface area contributed by atoms with Gasteiger partial charge in [-0.25, -0.2) is 0 Å². The van der Waals surface area contributed by atoms with Crippen LogP contribution < -0.4 is 0 Å². The van der Waals surface area contributed by atoms with Gasteiger partial charge in [0, 0.05) is 12.8 Å².